The number of rotatable bonds is 2. The molecule has 6 heteroatoms. The number of amides is 1. The molecule has 3 nitrogen and oxygen atoms in total. The van der Waals surface area contributed by atoms with Gasteiger partial charge in [-0.1, -0.05) is 0 Å². The minimum Gasteiger partial charge on any atom is -0.339 e. The lowest BCUT2D eigenvalue weighted by Crippen LogP contribution is -2.44. The van der Waals surface area contributed by atoms with Crippen molar-refractivity contribution in [3.63, 3.8) is 0 Å². The van der Waals surface area contributed by atoms with Gasteiger partial charge in [-0.3, -0.25) is 4.79 Å². The van der Waals surface area contributed by atoms with Crippen molar-refractivity contribution in [1.29, 1.82) is 0 Å². The molecule has 1 N–H and O–H groups in total. The third-order valence-electron chi connectivity index (χ3n) is 2.32. The fourth-order valence-corrected chi connectivity index (χ4v) is 1.70. The lowest BCUT2D eigenvalue weighted by molar-refractivity contribution is -0.160. The van der Waals surface area contributed by atoms with Gasteiger partial charge in [0.25, 0.3) is 0 Å². The smallest absolute Gasteiger partial charge is 0.339 e. The van der Waals surface area contributed by atoms with Crippen LogP contribution in [0.1, 0.15) is 19.8 Å². The van der Waals surface area contributed by atoms with E-state index in [9.17, 15) is 18.0 Å². The van der Waals surface area contributed by atoms with E-state index in [4.69, 9.17) is 0 Å². The number of carbonyl (C=O) groups is 1. The molecule has 1 amide bonds. The number of halogens is 3. The molecule has 1 heterocycles. The molecule has 1 atom stereocenters. The second-order valence-corrected chi connectivity index (χ2v) is 3.39. The van der Waals surface area contributed by atoms with E-state index in [0.717, 1.165) is 6.42 Å². The molecule has 1 unspecified atom stereocenters. The SMILES string of the molecule is CC(=O)N1CCCC1CNC(F)(F)F. The van der Waals surface area contributed by atoms with Crippen LogP contribution in [-0.4, -0.2) is 36.2 Å². The summed E-state index contributed by atoms with van der Waals surface area (Å²) in [6.07, 6.45) is -2.93. The summed E-state index contributed by atoms with van der Waals surface area (Å²) in [5.74, 6) is -0.156. The molecule has 0 aliphatic carbocycles. The number of alkyl halides is 3. The van der Waals surface area contributed by atoms with Crippen LogP contribution >= 0.6 is 0 Å². The molecule has 0 bridgehead atoms. The second-order valence-electron chi connectivity index (χ2n) is 3.39. The van der Waals surface area contributed by atoms with Crippen molar-refractivity contribution in [3.8, 4) is 0 Å². The molecule has 1 rings (SSSR count). The van der Waals surface area contributed by atoms with Crippen LogP contribution < -0.4 is 5.32 Å². The van der Waals surface area contributed by atoms with Crippen molar-refractivity contribution in [2.45, 2.75) is 32.1 Å². The van der Waals surface area contributed by atoms with Crippen molar-refractivity contribution >= 4 is 5.91 Å². The van der Waals surface area contributed by atoms with Crippen LogP contribution in [0.4, 0.5) is 13.2 Å². The maximum atomic E-state index is 11.8. The Hall–Kier alpha value is -0.780. The lowest BCUT2D eigenvalue weighted by Gasteiger charge is -2.24. The van der Waals surface area contributed by atoms with Crippen LogP contribution in [-0.2, 0) is 4.79 Å². The number of hydrogen-bond acceptors (Lipinski definition) is 2. The predicted octanol–water partition coefficient (Wildman–Crippen LogP) is 1.11. The minimum atomic E-state index is -4.36. The van der Waals surface area contributed by atoms with Crippen LogP contribution in [0.15, 0.2) is 0 Å². The standard InChI is InChI=1S/C8H13F3N2O/c1-6(14)13-4-2-3-7(13)5-12-8(9,10)11/h7,12H,2-5H2,1H3. The molecule has 0 radical (unpaired) electrons. The summed E-state index contributed by atoms with van der Waals surface area (Å²) in [6.45, 7) is 1.74. The topological polar surface area (TPSA) is 32.3 Å². The summed E-state index contributed by atoms with van der Waals surface area (Å²) >= 11 is 0. The highest BCUT2D eigenvalue weighted by molar-refractivity contribution is 5.73. The van der Waals surface area contributed by atoms with Gasteiger partial charge in [-0.05, 0) is 12.8 Å². The van der Waals surface area contributed by atoms with Crippen LogP contribution in [0, 0.1) is 0 Å². The van der Waals surface area contributed by atoms with E-state index in [1.807, 2.05) is 0 Å². The summed E-state index contributed by atoms with van der Waals surface area (Å²) in [5, 5.41) is 1.45. The van der Waals surface area contributed by atoms with E-state index >= 15 is 0 Å². The largest absolute Gasteiger partial charge is 0.457 e. The monoisotopic (exact) mass is 210 g/mol. The molecule has 0 spiro atoms. The summed E-state index contributed by atoms with van der Waals surface area (Å²) in [5.41, 5.74) is 0. The van der Waals surface area contributed by atoms with E-state index in [2.05, 4.69) is 0 Å². The Balaban J connectivity index is 2.40. The Morgan fingerprint density at radius 1 is 1.57 bits per heavy atom. The Kier molecular flexibility index (Phi) is 3.36. The maximum Gasteiger partial charge on any atom is 0.457 e. The van der Waals surface area contributed by atoms with Gasteiger partial charge < -0.3 is 4.90 Å². The average Bonchev–Trinajstić information content (AvgIpc) is 2.46. The van der Waals surface area contributed by atoms with E-state index in [1.54, 1.807) is 0 Å². The molecule has 1 saturated heterocycles. The van der Waals surface area contributed by atoms with Crippen molar-refractivity contribution < 1.29 is 18.0 Å². The third-order valence-corrected chi connectivity index (χ3v) is 2.32. The molecule has 0 saturated carbocycles. The van der Waals surface area contributed by atoms with Crippen LogP contribution in [0.3, 0.4) is 0 Å². The molecule has 0 aromatic heterocycles. The highest BCUT2D eigenvalue weighted by Gasteiger charge is 2.32. The first-order chi connectivity index (χ1) is 6.40. The number of nitrogens with one attached hydrogen (secondary N) is 1. The average molecular weight is 210 g/mol. The van der Waals surface area contributed by atoms with Gasteiger partial charge in [0, 0.05) is 26.1 Å². The lowest BCUT2D eigenvalue weighted by atomic mass is 10.2. The zero-order valence-electron chi connectivity index (χ0n) is 7.90. The van der Waals surface area contributed by atoms with Crippen molar-refractivity contribution in [3.05, 3.63) is 0 Å². The van der Waals surface area contributed by atoms with Gasteiger partial charge >= 0.3 is 6.30 Å². The van der Waals surface area contributed by atoms with E-state index < -0.39 is 6.30 Å². The van der Waals surface area contributed by atoms with Crippen LogP contribution in [0.25, 0.3) is 0 Å². The van der Waals surface area contributed by atoms with Gasteiger partial charge in [-0.2, -0.15) is 13.2 Å². The summed E-state index contributed by atoms with van der Waals surface area (Å²) < 4.78 is 35.5. The number of carbonyl (C=O) groups excluding carboxylic acids is 1. The van der Waals surface area contributed by atoms with Crippen LogP contribution in [0.5, 0.6) is 0 Å². The molecular weight excluding hydrogens is 197 g/mol. The summed E-state index contributed by atoms with van der Waals surface area (Å²) in [6, 6.07) is -0.311. The van der Waals surface area contributed by atoms with Gasteiger partial charge in [-0.15, -0.1) is 0 Å². The molecule has 82 valence electrons. The van der Waals surface area contributed by atoms with E-state index in [1.165, 1.54) is 17.1 Å². The molecule has 1 aliphatic heterocycles. The minimum absolute atomic E-state index is 0.156. The highest BCUT2D eigenvalue weighted by Crippen LogP contribution is 2.18. The maximum absolute atomic E-state index is 11.8. The van der Waals surface area contributed by atoms with Gasteiger partial charge in [0.1, 0.15) is 0 Å². The Bertz CT molecular complexity index is 217. The van der Waals surface area contributed by atoms with Gasteiger partial charge in [0.2, 0.25) is 5.91 Å². The molecule has 1 aliphatic rings. The van der Waals surface area contributed by atoms with E-state index in [0.29, 0.717) is 13.0 Å². The zero-order chi connectivity index (χ0) is 10.8. The Labute approximate surface area is 80.3 Å². The normalized spacial score (nSPS) is 22.9. The van der Waals surface area contributed by atoms with Crippen molar-refractivity contribution in [2.24, 2.45) is 0 Å². The molecule has 0 aromatic carbocycles. The van der Waals surface area contributed by atoms with Crippen molar-refractivity contribution in [1.82, 2.24) is 10.2 Å². The van der Waals surface area contributed by atoms with Gasteiger partial charge in [0.15, 0.2) is 0 Å². The molecule has 0 aromatic rings. The van der Waals surface area contributed by atoms with Gasteiger partial charge in [-0.25, -0.2) is 5.32 Å². The fraction of sp³-hybridized carbons (Fsp3) is 0.875. The quantitative estimate of drug-likeness (QED) is 0.692. The molecule has 1 fully saturated rings. The summed E-state index contributed by atoms with van der Waals surface area (Å²) in [7, 11) is 0. The number of nitrogens with zero attached hydrogens (tertiary/aromatic N) is 1. The Morgan fingerprint density at radius 3 is 2.71 bits per heavy atom. The highest BCUT2D eigenvalue weighted by atomic mass is 19.4. The first-order valence-corrected chi connectivity index (χ1v) is 4.49. The van der Waals surface area contributed by atoms with Crippen molar-refractivity contribution in [2.75, 3.05) is 13.1 Å². The second kappa shape index (κ2) is 4.16. The first kappa shape index (κ1) is 11.3. The summed E-state index contributed by atoms with van der Waals surface area (Å²) in [4.78, 5) is 12.5. The Morgan fingerprint density at radius 2 is 2.21 bits per heavy atom. The predicted molar refractivity (Wildman–Crippen MR) is 44.5 cm³/mol. The third kappa shape index (κ3) is 3.17. The number of likely N-dealkylation sites (tertiary alicyclic amines) is 1. The molecular formula is C8H13F3N2O. The molecule has 14 heavy (non-hydrogen) atoms. The number of hydrogen-bond donors (Lipinski definition) is 1. The van der Waals surface area contributed by atoms with Gasteiger partial charge in [0.05, 0.1) is 0 Å². The van der Waals surface area contributed by atoms with E-state index in [-0.39, 0.29) is 18.5 Å². The zero-order valence-corrected chi connectivity index (χ0v) is 7.90. The fourth-order valence-electron chi connectivity index (χ4n) is 1.70. The van der Waals surface area contributed by atoms with Crippen LogP contribution in [0.2, 0.25) is 0 Å². The first-order valence-electron chi connectivity index (χ1n) is 4.49.